The normalized spacial score (nSPS) is 15.1. The van der Waals surface area contributed by atoms with Crippen molar-refractivity contribution in [3.05, 3.63) is 64.7 Å². The first-order valence-corrected chi connectivity index (χ1v) is 10.7. The van der Waals surface area contributed by atoms with Crippen LogP contribution < -0.4 is 0 Å². The first-order valence-electron chi connectivity index (χ1n) is 9.24. The van der Waals surface area contributed by atoms with E-state index in [4.69, 9.17) is 9.47 Å². The number of rotatable bonds is 6. The summed E-state index contributed by atoms with van der Waals surface area (Å²) < 4.78 is 37.1. The van der Waals surface area contributed by atoms with Gasteiger partial charge in [-0.3, -0.25) is 4.79 Å². The van der Waals surface area contributed by atoms with Crippen molar-refractivity contribution in [1.29, 1.82) is 0 Å². The number of Topliss-reactive ketones (excluding diaryl/α,β-unsaturated/α-hetero) is 1. The lowest BCUT2D eigenvalue weighted by atomic mass is 10.0. The van der Waals surface area contributed by atoms with Crippen LogP contribution in [0.15, 0.2) is 47.4 Å². The van der Waals surface area contributed by atoms with Gasteiger partial charge in [-0.2, -0.15) is 4.31 Å². The lowest BCUT2D eigenvalue weighted by Crippen LogP contribution is -2.40. The predicted molar refractivity (Wildman–Crippen MR) is 107 cm³/mol. The molecule has 8 heteroatoms. The molecular formula is C21H23NO6S. The zero-order chi connectivity index (χ0) is 21.0. The molecule has 0 N–H and O–H groups in total. The first kappa shape index (κ1) is 21.2. The first-order chi connectivity index (χ1) is 13.8. The van der Waals surface area contributed by atoms with Crippen molar-refractivity contribution in [2.45, 2.75) is 18.7 Å². The van der Waals surface area contributed by atoms with Gasteiger partial charge in [-0.15, -0.1) is 0 Å². The quantitative estimate of drug-likeness (QED) is 0.529. The molecule has 0 amide bonds. The summed E-state index contributed by atoms with van der Waals surface area (Å²) in [6.07, 6.45) is 0. The zero-order valence-corrected chi connectivity index (χ0v) is 17.2. The number of esters is 1. The average Bonchev–Trinajstić information content (AvgIpc) is 2.72. The van der Waals surface area contributed by atoms with Gasteiger partial charge in [0.1, 0.15) is 0 Å². The molecule has 1 heterocycles. The van der Waals surface area contributed by atoms with E-state index in [1.165, 1.54) is 28.6 Å². The fraction of sp³-hybridized carbons (Fsp3) is 0.333. The number of ketones is 1. The van der Waals surface area contributed by atoms with Crippen LogP contribution in [0.2, 0.25) is 0 Å². The van der Waals surface area contributed by atoms with Gasteiger partial charge in [0.05, 0.1) is 23.7 Å². The SMILES string of the molecule is Cc1ccc(C(=O)COC(=O)c2cccc(S(=O)(=O)N3CCOCC3)c2)c(C)c1. The molecule has 0 saturated carbocycles. The Hall–Kier alpha value is -2.55. The van der Waals surface area contributed by atoms with E-state index in [1.54, 1.807) is 6.07 Å². The van der Waals surface area contributed by atoms with E-state index in [2.05, 4.69) is 0 Å². The fourth-order valence-corrected chi connectivity index (χ4v) is 4.59. The number of benzene rings is 2. The third-order valence-corrected chi connectivity index (χ3v) is 6.59. The Morgan fingerprint density at radius 2 is 1.79 bits per heavy atom. The molecule has 0 spiro atoms. The Bertz CT molecular complexity index is 1030. The monoisotopic (exact) mass is 417 g/mol. The largest absolute Gasteiger partial charge is 0.454 e. The van der Waals surface area contributed by atoms with E-state index >= 15 is 0 Å². The number of sulfonamides is 1. The van der Waals surface area contributed by atoms with Crippen molar-refractivity contribution in [3.63, 3.8) is 0 Å². The van der Waals surface area contributed by atoms with E-state index in [-0.39, 0.29) is 29.3 Å². The number of carbonyl (C=O) groups excluding carboxylic acids is 2. The molecule has 7 nitrogen and oxygen atoms in total. The van der Waals surface area contributed by atoms with Crippen LogP contribution in [-0.2, 0) is 19.5 Å². The molecule has 0 unspecified atom stereocenters. The van der Waals surface area contributed by atoms with Gasteiger partial charge in [0.2, 0.25) is 15.8 Å². The summed E-state index contributed by atoms with van der Waals surface area (Å²) in [6, 6.07) is 11.1. The summed E-state index contributed by atoms with van der Waals surface area (Å²) >= 11 is 0. The molecule has 29 heavy (non-hydrogen) atoms. The molecule has 3 rings (SSSR count). The van der Waals surface area contributed by atoms with Crippen molar-refractivity contribution in [2.24, 2.45) is 0 Å². The van der Waals surface area contributed by atoms with Gasteiger partial charge >= 0.3 is 5.97 Å². The highest BCUT2D eigenvalue weighted by Crippen LogP contribution is 2.19. The third kappa shape index (κ3) is 4.90. The second-order valence-corrected chi connectivity index (χ2v) is 8.80. The maximum atomic E-state index is 12.7. The highest BCUT2D eigenvalue weighted by molar-refractivity contribution is 7.89. The zero-order valence-electron chi connectivity index (χ0n) is 16.4. The Labute approximate surface area is 170 Å². The minimum atomic E-state index is -3.72. The number of hydrogen-bond donors (Lipinski definition) is 0. The van der Waals surface area contributed by atoms with E-state index in [1.807, 2.05) is 26.0 Å². The van der Waals surface area contributed by atoms with Crippen molar-refractivity contribution in [3.8, 4) is 0 Å². The number of nitrogens with zero attached hydrogens (tertiary/aromatic N) is 1. The molecular weight excluding hydrogens is 394 g/mol. The molecule has 1 aliphatic heterocycles. The van der Waals surface area contributed by atoms with Gasteiger partial charge in [0.15, 0.2) is 6.61 Å². The molecule has 1 fully saturated rings. The molecule has 0 aliphatic carbocycles. The van der Waals surface area contributed by atoms with Crippen LogP contribution in [0.5, 0.6) is 0 Å². The number of carbonyl (C=O) groups is 2. The second-order valence-electron chi connectivity index (χ2n) is 6.86. The Kier molecular flexibility index (Phi) is 6.46. The Balaban J connectivity index is 1.70. The summed E-state index contributed by atoms with van der Waals surface area (Å²) in [4.78, 5) is 24.7. The van der Waals surface area contributed by atoms with Crippen LogP contribution in [0.1, 0.15) is 31.8 Å². The van der Waals surface area contributed by atoms with Crippen molar-refractivity contribution >= 4 is 21.8 Å². The lowest BCUT2D eigenvalue weighted by molar-refractivity contribution is 0.0474. The standard InChI is InChI=1S/C21H23NO6S/c1-15-6-7-19(16(2)12-15)20(23)14-28-21(24)17-4-3-5-18(13-17)29(25,26)22-8-10-27-11-9-22/h3-7,12-13H,8-11,14H2,1-2H3. The third-order valence-electron chi connectivity index (χ3n) is 4.69. The summed E-state index contributed by atoms with van der Waals surface area (Å²) in [6.45, 7) is 4.54. The van der Waals surface area contributed by atoms with Crippen LogP contribution in [0.25, 0.3) is 0 Å². The lowest BCUT2D eigenvalue weighted by Gasteiger charge is -2.26. The molecule has 0 aromatic heterocycles. The number of aryl methyl sites for hydroxylation is 2. The molecule has 154 valence electrons. The molecule has 1 aliphatic rings. The van der Waals surface area contributed by atoms with Crippen LogP contribution in [0, 0.1) is 13.8 Å². The highest BCUT2D eigenvalue weighted by atomic mass is 32.2. The summed E-state index contributed by atoms with van der Waals surface area (Å²) in [5, 5.41) is 0. The van der Waals surface area contributed by atoms with E-state index < -0.39 is 22.6 Å². The summed E-state index contributed by atoms with van der Waals surface area (Å²) in [7, 11) is -3.72. The van der Waals surface area contributed by atoms with Crippen LogP contribution in [0.3, 0.4) is 0 Å². The van der Waals surface area contributed by atoms with Crippen LogP contribution in [0.4, 0.5) is 0 Å². The fourth-order valence-electron chi connectivity index (χ4n) is 3.14. The molecule has 1 saturated heterocycles. The van der Waals surface area contributed by atoms with Gasteiger partial charge < -0.3 is 9.47 Å². The molecule has 0 radical (unpaired) electrons. The maximum Gasteiger partial charge on any atom is 0.338 e. The van der Waals surface area contributed by atoms with Crippen molar-refractivity contribution < 1.29 is 27.5 Å². The van der Waals surface area contributed by atoms with Crippen molar-refractivity contribution in [1.82, 2.24) is 4.31 Å². The molecule has 2 aromatic carbocycles. The minimum Gasteiger partial charge on any atom is -0.454 e. The number of hydrogen-bond acceptors (Lipinski definition) is 6. The smallest absolute Gasteiger partial charge is 0.338 e. The summed E-state index contributed by atoms with van der Waals surface area (Å²) in [5.41, 5.74) is 2.42. The predicted octanol–water partition coefficient (Wildman–Crippen LogP) is 2.36. The second kappa shape index (κ2) is 8.86. The van der Waals surface area contributed by atoms with Gasteiger partial charge in [-0.1, -0.05) is 29.8 Å². The van der Waals surface area contributed by atoms with E-state index in [0.717, 1.165) is 11.1 Å². The Morgan fingerprint density at radius 1 is 1.07 bits per heavy atom. The minimum absolute atomic E-state index is 0.00885. The topological polar surface area (TPSA) is 90.0 Å². The van der Waals surface area contributed by atoms with E-state index in [0.29, 0.717) is 18.8 Å². The van der Waals surface area contributed by atoms with Gasteiger partial charge in [-0.25, -0.2) is 13.2 Å². The van der Waals surface area contributed by atoms with E-state index in [9.17, 15) is 18.0 Å². The van der Waals surface area contributed by atoms with Crippen molar-refractivity contribution in [2.75, 3.05) is 32.9 Å². The van der Waals surface area contributed by atoms with Gasteiger partial charge in [-0.05, 0) is 37.6 Å². The molecule has 0 bridgehead atoms. The molecule has 0 atom stereocenters. The van der Waals surface area contributed by atoms with Crippen LogP contribution >= 0.6 is 0 Å². The summed E-state index contributed by atoms with van der Waals surface area (Å²) in [5.74, 6) is -1.06. The average molecular weight is 417 g/mol. The number of ether oxygens (including phenoxy) is 2. The van der Waals surface area contributed by atoms with Gasteiger partial charge in [0, 0.05) is 18.7 Å². The highest BCUT2D eigenvalue weighted by Gasteiger charge is 2.27. The molecule has 2 aromatic rings. The van der Waals surface area contributed by atoms with Crippen LogP contribution in [-0.4, -0.2) is 57.4 Å². The Morgan fingerprint density at radius 3 is 2.48 bits per heavy atom. The number of morpholine rings is 1. The van der Waals surface area contributed by atoms with Gasteiger partial charge in [0.25, 0.3) is 0 Å². The maximum absolute atomic E-state index is 12.7.